The van der Waals surface area contributed by atoms with Crippen LogP contribution in [0.3, 0.4) is 0 Å². The zero-order valence-corrected chi connectivity index (χ0v) is 12.6. The number of halogens is 3. The van der Waals surface area contributed by atoms with Crippen LogP contribution in [0.25, 0.3) is 0 Å². The van der Waals surface area contributed by atoms with Crippen LogP contribution in [-0.2, 0) is 0 Å². The van der Waals surface area contributed by atoms with E-state index in [0.29, 0.717) is 5.56 Å². The summed E-state index contributed by atoms with van der Waals surface area (Å²) < 4.78 is 39.6. The summed E-state index contributed by atoms with van der Waals surface area (Å²) in [7, 11) is 3.73. The van der Waals surface area contributed by atoms with Gasteiger partial charge in [0.05, 0.1) is 18.0 Å². The van der Waals surface area contributed by atoms with Gasteiger partial charge in [0.15, 0.2) is 0 Å². The van der Waals surface area contributed by atoms with Gasteiger partial charge >= 0.3 is 12.1 Å². The average Bonchev–Trinajstić information content (AvgIpc) is 2.45. The zero-order chi connectivity index (χ0) is 16.3. The van der Waals surface area contributed by atoms with Crippen molar-refractivity contribution in [2.75, 3.05) is 19.0 Å². The smallest absolute Gasteiger partial charge is 0.377 e. The maximum absolute atomic E-state index is 12.8. The molecule has 0 spiro atoms. The van der Waals surface area contributed by atoms with Gasteiger partial charge in [-0.3, -0.25) is 0 Å². The van der Waals surface area contributed by atoms with E-state index in [1.807, 2.05) is 25.9 Å². The van der Waals surface area contributed by atoms with Crippen molar-refractivity contribution in [1.29, 1.82) is 0 Å². The number of aliphatic imine (C=N–C) groups is 1. The molecule has 1 heterocycles. The van der Waals surface area contributed by atoms with Gasteiger partial charge in [0.25, 0.3) is 0 Å². The third-order valence-corrected chi connectivity index (χ3v) is 3.12. The first-order chi connectivity index (χ1) is 10.3. The topological polar surface area (TPSA) is 19.5 Å². The summed E-state index contributed by atoms with van der Waals surface area (Å²) in [6, 6.07) is 10.3. The van der Waals surface area contributed by atoms with Crippen molar-refractivity contribution >= 4 is 11.5 Å². The summed E-state index contributed by atoms with van der Waals surface area (Å²) in [5, 5.41) is 0. The van der Waals surface area contributed by atoms with E-state index in [4.69, 9.17) is 0 Å². The van der Waals surface area contributed by atoms with Crippen LogP contribution in [0.1, 0.15) is 11.1 Å². The van der Waals surface area contributed by atoms with Crippen molar-refractivity contribution in [3.8, 4) is 0 Å². The maximum atomic E-state index is 12.8. The molecule has 6 heteroatoms. The molecule has 0 saturated heterocycles. The second-order valence-electron chi connectivity index (χ2n) is 5.13. The highest BCUT2D eigenvalue weighted by atomic mass is 19.4. The van der Waals surface area contributed by atoms with E-state index in [2.05, 4.69) is 4.99 Å². The van der Waals surface area contributed by atoms with Gasteiger partial charge in [-0.1, -0.05) is 17.7 Å². The fraction of sp³-hybridized carbons (Fsp3) is 0.250. The molecule has 2 rings (SSSR count). The van der Waals surface area contributed by atoms with E-state index in [1.165, 1.54) is 4.57 Å². The van der Waals surface area contributed by atoms with Crippen LogP contribution in [0.4, 0.5) is 18.9 Å². The fourth-order valence-corrected chi connectivity index (χ4v) is 1.95. The summed E-state index contributed by atoms with van der Waals surface area (Å²) in [6.07, 6.45) is -1.49. The molecule has 0 unspecified atom stereocenters. The summed E-state index contributed by atoms with van der Waals surface area (Å²) in [4.78, 5) is 4.79. The first-order valence-electron chi connectivity index (χ1n) is 6.69. The van der Waals surface area contributed by atoms with Crippen molar-refractivity contribution in [3.63, 3.8) is 0 Å². The Morgan fingerprint density at radius 1 is 1.00 bits per heavy atom. The van der Waals surface area contributed by atoms with E-state index < -0.39 is 6.30 Å². The molecule has 0 aliphatic rings. The van der Waals surface area contributed by atoms with E-state index in [-0.39, 0.29) is 5.84 Å². The molecule has 1 aromatic carbocycles. The summed E-state index contributed by atoms with van der Waals surface area (Å²) in [5.41, 5.74) is 2.28. The van der Waals surface area contributed by atoms with Crippen LogP contribution >= 0.6 is 0 Å². The largest absolute Gasteiger partial charge is 0.603 e. The van der Waals surface area contributed by atoms with Crippen molar-refractivity contribution in [1.82, 2.24) is 0 Å². The highest BCUT2D eigenvalue weighted by Gasteiger charge is 2.38. The standard InChI is InChI=1S/C16H17F3N3/c1-12-4-6-13(7-5-12)15(20-16(17,18)19)22-10-8-14(9-11-22)21(2)3/h4-11H,1-3H3/q+1/b20-15+. The highest BCUT2D eigenvalue weighted by molar-refractivity contribution is 5.92. The van der Waals surface area contributed by atoms with Gasteiger partial charge in [0.1, 0.15) is 0 Å². The zero-order valence-electron chi connectivity index (χ0n) is 12.6. The first kappa shape index (κ1) is 16.0. The lowest BCUT2D eigenvalue weighted by Crippen LogP contribution is -2.44. The summed E-state index contributed by atoms with van der Waals surface area (Å²) in [5.74, 6) is -0.155. The molecule has 1 aromatic heterocycles. The van der Waals surface area contributed by atoms with Crippen LogP contribution in [0.15, 0.2) is 53.8 Å². The van der Waals surface area contributed by atoms with Crippen LogP contribution in [0, 0.1) is 6.92 Å². The molecular weight excluding hydrogens is 291 g/mol. The van der Waals surface area contributed by atoms with Crippen molar-refractivity contribution < 1.29 is 17.7 Å². The van der Waals surface area contributed by atoms with E-state index in [1.54, 1.807) is 48.8 Å². The molecule has 2 aromatic rings. The van der Waals surface area contributed by atoms with Gasteiger partial charge < -0.3 is 4.90 Å². The lowest BCUT2D eigenvalue weighted by Gasteiger charge is -2.11. The molecule has 3 nitrogen and oxygen atoms in total. The molecule has 0 saturated carbocycles. The number of aromatic nitrogens is 1. The van der Waals surface area contributed by atoms with Crippen molar-refractivity contribution in [3.05, 3.63) is 59.9 Å². The van der Waals surface area contributed by atoms with Crippen LogP contribution in [0.2, 0.25) is 0 Å². The molecule has 0 bridgehead atoms. The highest BCUT2D eigenvalue weighted by Crippen LogP contribution is 2.18. The molecule has 0 radical (unpaired) electrons. The Labute approximate surface area is 127 Å². The molecule has 0 N–H and O–H groups in total. The molecular formula is C16H17F3N3+. The third-order valence-electron chi connectivity index (χ3n) is 3.12. The van der Waals surface area contributed by atoms with E-state index in [9.17, 15) is 13.2 Å². The Morgan fingerprint density at radius 3 is 2.00 bits per heavy atom. The van der Waals surface area contributed by atoms with Crippen molar-refractivity contribution in [2.24, 2.45) is 4.99 Å². The number of anilines is 1. The Balaban J connectivity index is 2.49. The van der Waals surface area contributed by atoms with Gasteiger partial charge in [0.2, 0.25) is 0 Å². The predicted molar refractivity (Wildman–Crippen MR) is 80.1 cm³/mol. The number of hydrogen-bond acceptors (Lipinski definition) is 2. The Morgan fingerprint density at radius 2 is 1.55 bits per heavy atom. The Hall–Kier alpha value is -2.37. The Kier molecular flexibility index (Phi) is 4.49. The number of pyridine rings is 1. The van der Waals surface area contributed by atoms with E-state index >= 15 is 0 Å². The van der Waals surface area contributed by atoms with Crippen LogP contribution in [0.5, 0.6) is 0 Å². The minimum Gasteiger partial charge on any atom is -0.377 e. The molecule has 0 atom stereocenters. The number of nitrogens with zero attached hydrogens (tertiary/aromatic N) is 3. The van der Waals surface area contributed by atoms with Gasteiger partial charge in [-0.15, -0.1) is 13.2 Å². The molecule has 0 aliphatic carbocycles. The number of hydrogen-bond donors (Lipinski definition) is 0. The number of alkyl halides is 3. The van der Waals surface area contributed by atoms with Crippen molar-refractivity contribution in [2.45, 2.75) is 13.2 Å². The monoisotopic (exact) mass is 308 g/mol. The molecule has 116 valence electrons. The predicted octanol–water partition coefficient (Wildman–Crippen LogP) is 3.16. The number of aryl methyl sites for hydroxylation is 1. The minimum absolute atomic E-state index is 0.155. The average molecular weight is 308 g/mol. The first-order valence-corrected chi connectivity index (χ1v) is 6.69. The lowest BCUT2D eigenvalue weighted by molar-refractivity contribution is -0.555. The summed E-state index contributed by atoms with van der Waals surface area (Å²) >= 11 is 0. The van der Waals surface area contributed by atoms with Gasteiger partial charge in [-0.05, 0) is 19.1 Å². The molecule has 0 amide bonds. The van der Waals surface area contributed by atoms with Crippen LogP contribution < -0.4 is 9.47 Å². The number of rotatable bonds is 2. The van der Waals surface area contributed by atoms with Gasteiger partial charge in [-0.25, -0.2) is 4.57 Å². The quantitative estimate of drug-likeness (QED) is 0.361. The second kappa shape index (κ2) is 6.17. The van der Waals surface area contributed by atoms with Crippen LogP contribution in [-0.4, -0.2) is 26.2 Å². The Bertz CT molecular complexity index is 657. The molecule has 22 heavy (non-hydrogen) atoms. The van der Waals surface area contributed by atoms with Gasteiger partial charge in [0, 0.05) is 36.9 Å². The van der Waals surface area contributed by atoms with E-state index in [0.717, 1.165) is 11.3 Å². The molecule has 0 fully saturated rings. The maximum Gasteiger partial charge on any atom is 0.603 e. The fourth-order valence-electron chi connectivity index (χ4n) is 1.95. The summed E-state index contributed by atoms with van der Waals surface area (Å²) in [6.45, 7) is 1.88. The van der Waals surface area contributed by atoms with Gasteiger partial charge in [-0.2, -0.15) is 0 Å². The molecule has 0 aliphatic heterocycles. The second-order valence-corrected chi connectivity index (χ2v) is 5.13. The third kappa shape index (κ3) is 4.07. The lowest BCUT2D eigenvalue weighted by atomic mass is 10.1. The normalized spacial score (nSPS) is 12.4. The number of benzene rings is 1. The minimum atomic E-state index is -4.63. The SMILES string of the molecule is Cc1ccc(/C(=N\C(F)(F)F)[n+]2ccc(N(C)C)cc2)cc1.